The average molecular weight is 1070 g/mol. The van der Waals surface area contributed by atoms with Crippen LogP contribution in [0.4, 0.5) is 34.1 Å². The van der Waals surface area contributed by atoms with E-state index in [1.54, 1.807) is 16.7 Å². The molecule has 0 aromatic heterocycles. The number of hydrogen-bond acceptors (Lipinski definition) is 2. The number of benzene rings is 6. The van der Waals surface area contributed by atoms with Gasteiger partial charge in [0.2, 0.25) is 0 Å². The molecule has 3 heteroatoms. The normalized spacial score (nSPS) is 26.2. The fourth-order valence-electron chi connectivity index (χ4n) is 18.7. The first-order chi connectivity index (χ1) is 37.8. The van der Waals surface area contributed by atoms with Gasteiger partial charge in [0.05, 0.1) is 5.69 Å². The topological polar surface area (TPSA) is 6.48 Å². The summed E-state index contributed by atoms with van der Waals surface area (Å²) >= 11 is 0. The lowest BCUT2D eigenvalue weighted by atomic mass is 9.32. The molecule has 2 aliphatic heterocycles. The lowest BCUT2D eigenvalue weighted by Gasteiger charge is -2.57. The van der Waals surface area contributed by atoms with E-state index in [9.17, 15) is 0 Å². The molecule has 0 spiro atoms. The monoisotopic (exact) mass is 1070 g/mol. The maximum Gasteiger partial charge on any atom is 0.252 e. The second-order valence-corrected chi connectivity index (χ2v) is 34.5. The van der Waals surface area contributed by atoms with Gasteiger partial charge in [0.15, 0.2) is 0 Å². The predicted molar refractivity (Wildman–Crippen MR) is 349 cm³/mol. The van der Waals surface area contributed by atoms with Crippen molar-refractivity contribution >= 4 is 57.2 Å². The molecule has 81 heavy (non-hydrogen) atoms. The molecule has 0 unspecified atom stereocenters. The van der Waals surface area contributed by atoms with Crippen LogP contribution in [0.1, 0.15) is 252 Å². The van der Waals surface area contributed by atoms with E-state index >= 15 is 0 Å². The minimum Gasteiger partial charge on any atom is -0.311 e. The molecule has 9 aliphatic rings. The molecule has 6 aromatic rings. The summed E-state index contributed by atoms with van der Waals surface area (Å²) in [7, 11) is 0. The van der Waals surface area contributed by atoms with E-state index in [-0.39, 0.29) is 55.4 Å². The van der Waals surface area contributed by atoms with Crippen molar-refractivity contribution in [3.8, 4) is 11.1 Å². The SMILES string of the molecule is CC(C)(C)c1ccc2c(c1)B1c3cc4c(cc3N(c3ccc5c(c3)C(C)(C)CCC5(C)C)c3cc(C56CC7CC(CC(C7)C5)C6)cc(c31)N2c1ccc(C(C)(C)C)cc1-c1ccc2c(c1)C(C)(C)CCC2(C)C)C(C)(C)CCC4(C)C. The van der Waals surface area contributed by atoms with E-state index in [2.05, 4.69) is 231 Å². The fraction of sp³-hybridized carbons (Fsp3) is 0.538. The van der Waals surface area contributed by atoms with E-state index < -0.39 is 0 Å². The van der Waals surface area contributed by atoms with Crippen molar-refractivity contribution in [2.24, 2.45) is 17.8 Å². The number of nitrogens with zero attached hydrogens (tertiary/aromatic N) is 2. The summed E-state index contributed by atoms with van der Waals surface area (Å²) in [6.07, 6.45) is 15.5. The molecule has 2 heterocycles. The maximum absolute atomic E-state index is 2.86. The summed E-state index contributed by atoms with van der Waals surface area (Å²) in [4.78, 5) is 5.70. The second kappa shape index (κ2) is 17.1. The Morgan fingerprint density at radius 3 is 1.35 bits per heavy atom. The van der Waals surface area contributed by atoms with Crippen LogP contribution >= 0.6 is 0 Å². The third kappa shape index (κ3) is 8.18. The summed E-state index contributed by atoms with van der Waals surface area (Å²) in [6.45, 7) is 44.7. The van der Waals surface area contributed by atoms with Crippen LogP contribution in [0, 0.1) is 17.8 Å². The summed E-state index contributed by atoms with van der Waals surface area (Å²) < 4.78 is 0. The Hall–Kier alpha value is -5.02. The lowest BCUT2D eigenvalue weighted by Crippen LogP contribution is -2.62. The van der Waals surface area contributed by atoms with Crippen LogP contribution in [0.3, 0.4) is 0 Å². The van der Waals surface area contributed by atoms with Gasteiger partial charge in [0.25, 0.3) is 6.71 Å². The quantitative estimate of drug-likeness (QED) is 0.162. The second-order valence-electron chi connectivity index (χ2n) is 34.5. The van der Waals surface area contributed by atoms with E-state index in [0.717, 1.165) is 17.8 Å². The van der Waals surface area contributed by atoms with Crippen LogP contribution in [0.2, 0.25) is 0 Å². The van der Waals surface area contributed by atoms with Gasteiger partial charge in [0, 0.05) is 34.0 Å². The number of anilines is 6. The minimum atomic E-state index is -0.0380. The smallest absolute Gasteiger partial charge is 0.252 e. The fourth-order valence-corrected chi connectivity index (χ4v) is 18.7. The van der Waals surface area contributed by atoms with E-state index in [4.69, 9.17) is 0 Å². The molecular formula is C78H97BN2. The summed E-state index contributed by atoms with van der Waals surface area (Å²) in [5.41, 5.74) is 29.5. The van der Waals surface area contributed by atoms with Crippen molar-refractivity contribution < 1.29 is 0 Å². The molecule has 0 radical (unpaired) electrons. The van der Waals surface area contributed by atoms with Gasteiger partial charge in [-0.2, -0.15) is 0 Å². The van der Waals surface area contributed by atoms with Crippen molar-refractivity contribution in [2.45, 2.75) is 250 Å². The Morgan fingerprint density at radius 2 is 0.815 bits per heavy atom. The molecule has 422 valence electrons. The number of rotatable bonds is 4. The summed E-state index contributed by atoms with van der Waals surface area (Å²) in [5, 5.41) is 0. The lowest BCUT2D eigenvalue weighted by molar-refractivity contribution is -0.00514. The van der Waals surface area contributed by atoms with Gasteiger partial charge in [-0.05, 0) is 264 Å². The zero-order chi connectivity index (χ0) is 57.3. The van der Waals surface area contributed by atoms with Gasteiger partial charge in [-0.3, -0.25) is 0 Å². The Labute approximate surface area is 490 Å². The summed E-state index contributed by atoms with van der Waals surface area (Å²) in [6, 6.07) is 42.1. The zero-order valence-corrected chi connectivity index (χ0v) is 53.4. The molecule has 4 saturated carbocycles. The Balaban J connectivity index is 1.12. The first-order valence-corrected chi connectivity index (χ1v) is 32.3. The van der Waals surface area contributed by atoms with Gasteiger partial charge in [0.1, 0.15) is 0 Å². The molecule has 7 aliphatic carbocycles. The van der Waals surface area contributed by atoms with E-state index in [1.165, 1.54) is 172 Å². The molecule has 6 aromatic carbocycles. The maximum atomic E-state index is 2.86. The summed E-state index contributed by atoms with van der Waals surface area (Å²) in [5.74, 6) is 2.50. The highest BCUT2D eigenvalue weighted by molar-refractivity contribution is 7.00. The molecule has 2 nitrogen and oxygen atoms in total. The molecular weight excluding hydrogens is 976 g/mol. The molecule has 15 rings (SSSR count). The highest BCUT2D eigenvalue weighted by Crippen LogP contribution is 2.63. The number of fused-ring (bicyclic) bond motifs is 7. The van der Waals surface area contributed by atoms with E-state index in [1.807, 2.05) is 0 Å². The predicted octanol–water partition coefficient (Wildman–Crippen LogP) is 19.5. The zero-order valence-electron chi connectivity index (χ0n) is 53.4. The molecule has 0 saturated heterocycles. The molecule has 4 bridgehead atoms. The minimum absolute atomic E-state index is 0.0306. The third-order valence-electron chi connectivity index (χ3n) is 23.9. The average Bonchev–Trinajstić information content (AvgIpc) is 3.54. The van der Waals surface area contributed by atoms with Crippen LogP contribution in [0.5, 0.6) is 0 Å². The van der Waals surface area contributed by atoms with E-state index in [0.29, 0.717) is 0 Å². The first kappa shape index (κ1) is 54.0. The van der Waals surface area contributed by atoms with Crippen molar-refractivity contribution in [1.82, 2.24) is 0 Å². The van der Waals surface area contributed by atoms with Gasteiger partial charge in [-0.1, -0.05) is 173 Å². The van der Waals surface area contributed by atoms with Crippen LogP contribution in [0.25, 0.3) is 11.1 Å². The number of hydrogen-bond donors (Lipinski definition) is 0. The van der Waals surface area contributed by atoms with Crippen molar-refractivity contribution in [3.63, 3.8) is 0 Å². The van der Waals surface area contributed by atoms with Gasteiger partial charge in [-0.25, -0.2) is 0 Å². The highest BCUT2D eigenvalue weighted by atomic mass is 15.2. The Bertz CT molecular complexity index is 3600. The van der Waals surface area contributed by atoms with Crippen molar-refractivity contribution in [2.75, 3.05) is 9.80 Å². The standard InChI is InChI=1S/C78H97BN2/c1-70(2,3)51-20-25-64(55(37-51)50-19-23-56-58(36-50)74(11,12)29-27-72(56,7)8)81-65-26-21-52(71(4,5)6)38-62(65)79-63-42-60-61(77(17,18)32-31-76(60,15)16)43-66(63)80(54-22-24-57-59(41-54)75(13,14)30-28-73(57,9)10)67-39-53(40-68(81)69(67)79)78-44-47-33-48(45-78)35-49(34-47)46-78/h19-26,36-43,47-49H,27-35,44-46H2,1-18H3. The van der Waals surface area contributed by atoms with Crippen LogP contribution < -0.4 is 26.2 Å². The molecule has 0 amide bonds. The van der Waals surface area contributed by atoms with Crippen LogP contribution in [-0.4, -0.2) is 6.71 Å². The van der Waals surface area contributed by atoms with Crippen molar-refractivity contribution in [1.29, 1.82) is 0 Å². The van der Waals surface area contributed by atoms with Gasteiger partial charge >= 0.3 is 0 Å². The van der Waals surface area contributed by atoms with Gasteiger partial charge in [-0.15, -0.1) is 0 Å². The first-order valence-electron chi connectivity index (χ1n) is 32.3. The van der Waals surface area contributed by atoms with Crippen LogP contribution in [-0.2, 0) is 48.7 Å². The molecule has 0 N–H and O–H groups in total. The Kier molecular flexibility index (Phi) is 11.4. The Morgan fingerprint density at radius 1 is 0.383 bits per heavy atom. The highest BCUT2D eigenvalue weighted by Gasteiger charge is 2.54. The third-order valence-corrected chi connectivity index (χ3v) is 23.9. The molecule has 4 fully saturated rings. The van der Waals surface area contributed by atoms with Crippen LogP contribution in [0.15, 0.2) is 97.1 Å². The largest absolute Gasteiger partial charge is 0.311 e. The van der Waals surface area contributed by atoms with Crippen molar-refractivity contribution in [3.05, 3.63) is 147 Å². The molecule has 0 atom stereocenters. The van der Waals surface area contributed by atoms with Gasteiger partial charge < -0.3 is 9.80 Å².